The van der Waals surface area contributed by atoms with Crippen LogP contribution in [-0.2, 0) is 16.1 Å². The fraction of sp³-hybridized carbons (Fsp3) is 0.500. The zero-order valence-corrected chi connectivity index (χ0v) is 12.1. The molecule has 0 spiro atoms. The van der Waals surface area contributed by atoms with Crippen LogP contribution in [0.3, 0.4) is 0 Å². The van der Waals surface area contributed by atoms with E-state index in [0.717, 1.165) is 11.4 Å². The number of amides is 2. The first-order valence-electron chi connectivity index (χ1n) is 6.75. The fourth-order valence-corrected chi connectivity index (χ4v) is 2.26. The van der Waals surface area contributed by atoms with Crippen molar-refractivity contribution in [2.45, 2.75) is 26.4 Å². The van der Waals surface area contributed by atoms with Crippen molar-refractivity contribution in [1.82, 2.24) is 14.8 Å². The van der Waals surface area contributed by atoms with Crippen molar-refractivity contribution in [2.24, 2.45) is 0 Å². The lowest BCUT2D eigenvalue weighted by atomic mass is 10.2. The van der Waals surface area contributed by atoms with E-state index in [1.807, 2.05) is 26.0 Å². The van der Waals surface area contributed by atoms with E-state index in [1.165, 1.54) is 0 Å². The molecular weight excluding hydrogens is 256 g/mol. The maximum Gasteiger partial charge on any atom is 0.312 e. The summed E-state index contributed by atoms with van der Waals surface area (Å²) in [5, 5.41) is 2.96. The smallest absolute Gasteiger partial charge is 0.312 e. The summed E-state index contributed by atoms with van der Waals surface area (Å²) >= 11 is 0. The van der Waals surface area contributed by atoms with Crippen LogP contribution in [0.2, 0.25) is 0 Å². The lowest BCUT2D eigenvalue weighted by Gasteiger charge is -2.36. The summed E-state index contributed by atoms with van der Waals surface area (Å²) in [5.41, 5.74) is 0.962. The number of carbonyl (C=O) groups excluding carboxylic acids is 2. The first kappa shape index (κ1) is 14.3. The maximum atomic E-state index is 12.1. The van der Waals surface area contributed by atoms with Crippen LogP contribution >= 0.6 is 0 Å². The summed E-state index contributed by atoms with van der Waals surface area (Å²) in [6.07, 6.45) is 1.69. The Morgan fingerprint density at radius 3 is 2.70 bits per heavy atom. The molecule has 0 saturated carbocycles. The maximum absolute atomic E-state index is 12.1. The third kappa shape index (κ3) is 2.89. The van der Waals surface area contributed by atoms with Gasteiger partial charge in [-0.2, -0.15) is 0 Å². The molecule has 0 aromatic carbocycles. The molecule has 1 aromatic heterocycles. The van der Waals surface area contributed by atoms with E-state index in [1.54, 1.807) is 23.0 Å². The van der Waals surface area contributed by atoms with Crippen molar-refractivity contribution in [3.05, 3.63) is 23.9 Å². The molecule has 1 aliphatic rings. The molecule has 2 rings (SSSR count). The number of anilines is 1. The van der Waals surface area contributed by atoms with Crippen LogP contribution in [0.25, 0.3) is 0 Å². The Morgan fingerprint density at radius 2 is 2.05 bits per heavy atom. The van der Waals surface area contributed by atoms with Gasteiger partial charge in [0.1, 0.15) is 5.82 Å². The molecule has 1 N–H and O–H groups in total. The zero-order valence-electron chi connectivity index (χ0n) is 12.1. The van der Waals surface area contributed by atoms with E-state index < -0.39 is 11.8 Å². The number of carbonyl (C=O) groups is 2. The summed E-state index contributed by atoms with van der Waals surface area (Å²) in [4.78, 5) is 31.4. The van der Waals surface area contributed by atoms with Crippen LogP contribution in [0.1, 0.15) is 19.4 Å². The first-order valence-corrected chi connectivity index (χ1v) is 6.75. The van der Waals surface area contributed by atoms with Gasteiger partial charge in [0.05, 0.1) is 0 Å². The fourth-order valence-electron chi connectivity index (χ4n) is 2.26. The van der Waals surface area contributed by atoms with Crippen LogP contribution in [0.5, 0.6) is 0 Å². The molecule has 0 unspecified atom stereocenters. The molecule has 0 radical (unpaired) electrons. The van der Waals surface area contributed by atoms with E-state index in [0.29, 0.717) is 19.6 Å². The van der Waals surface area contributed by atoms with Gasteiger partial charge in [-0.25, -0.2) is 4.98 Å². The standard InChI is InChI=1S/C14H20N4O2/c1-10(2)18-7-6-17(13(19)14(18)20)9-11-4-5-16-12(8-11)15-3/h4-5,8,10H,6-7,9H2,1-3H3,(H,15,16). The number of piperazine rings is 1. The second-order valence-corrected chi connectivity index (χ2v) is 5.12. The van der Waals surface area contributed by atoms with Crippen molar-refractivity contribution >= 4 is 17.6 Å². The Labute approximate surface area is 118 Å². The lowest BCUT2D eigenvalue weighted by molar-refractivity contribution is -0.157. The summed E-state index contributed by atoms with van der Waals surface area (Å²) in [6.45, 7) is 5.44. The van der Waals surface area contributed by atoms with Crippen molar-refractivity contribution in [3.63, 3.8) is 0 Å². The van der Waals surface area contributed by atoms with E-state index in [-0.39, 0.29) is 6.04 Å². The number of rotatable bonds is 4. The summed E-state index contributed by atoms with van der Waals surface area (Å²) in [7, 11) is 1.79. The molecule has 20 heavy (non-hydrogen) atoms. The second kappa shape index (κ2) is 5.90. The number of pyridine rings is 1. The molecule has 0 atom stereocenters. The van der Waals surface area contributed by atoms with Gasteiger partial charge in [0.2, 0.25) is 0 Å². The van der Waals surface area contributed by atoms with E-state index in [9.17, 15) is 9.59 Å². The van der Waals surface area contributed by atoms with Crippen LogP contribution in [-0.4, -0.2) is 52.8 Å². The summed E-state index contributed by atoms with van der Waals surface area (Å²) < 4.78 is 0. The minimum atomic E-state index is -0.423. The topological polar surface area (TPSA) is 65.5 Å². The molecule has 1 aromatic rings. The Hall–Kier alpha value is -2.11. The van der Waals surface area contributed by atoms with Crippen molar-refractivity contribution in [3.8, 4) is 0 Å². The van der Waals surface area contributed by atoms with Crippen LogP contribution in [0, 0.1) is 0 Å². The van der Waals surface area contributed by atoms with Crippen molar-refractivity contribution in [1.29, 1.82) is 0 Å². The largest absolute Gasteiger partial charge is 0.373 e. The van der Waals surface area contributed by atoms with Gasteiger partial charge in [-0.3, -0.25) is 9.59 Å². The molecule has 1 aliphatic heterocycles. The van der Waals surface area contributed by atoms with Gasteiger partial charge in [-0.1, -0.05) is 0 Å². The minimum absolute atomic E-state index is 0.0606. The number of aromatic nitrogens is 1. The van der Waals surface area contributed by atoms with Crippen LogP contribution < -0.4 is 5.32 Å². The highest BCUT2D eigenvalue weighted by Crippen LogP contribution is 2.14. The number of nitrogens with one attached hydrogen (secondary N) is 1. The highest BCUT2D eigenvalue weighted by Gasteiger charge is 2.33. The third-order valence-corrected chi connectivity index (χ3v) is 3.42. The molecule has 0 bridgehead atoms. The predicted molar refractivity (Wildman–Crippen MR) is 76.0 cm³/mol. The molecule has 2 amide bonds. The highest BCUT2D eigenvalue weighted by atomic mass is 16.2. The summed E-state index contributed by atoms with van der Waals surface area (Å²) in [6, 6.07) is 3.80. The van der Waals surface area contributed by atoms with Gasteiger partial charge >= 0.3 is 11.8 Å². The molecule has 2 heterocycles. The average Bonchev–Trinajstić information content (AvgIpc) is 2.44. The Kier molecular flexibility index (Phi) is 4.22. The Bertz CT molecular complexity index is 516. The average molecular weight is 276 g/mol. The second-order valence-electron chi connectivity index (χ2n) is 5.12. The lowest BCUT2D eigenvalue weighted by Crippen LogP contribution is -2.55. The van der Waals surface area contributed by atoms with Gasteiger partial charge in [0, 0.05) is 38.9 Å². The van der Waals surface area contributed by atoms with Crippen molar-refractivity contribution in [2.75, 3.05) is 25.5 Å². The third-order valence-electron chi connectivity index (χ3n) is 3.42. The highest BCUT2D eigenvalue weighted by molar-refractivity contribution is 6.35. The van der Waals surface area contributed by atoms with Gasteiger partial charge in [-0.15, -0.1) is 0 Å². The van der Waals surface area contributed by atoms with E-state index in [4.69, 9.17) is 0 Å². The SMILES string of the molecule is CNc1cc(CN2CCN(C(C)C)C(=O)C2=O)ccn1. The molecule has 1 saturated heterocycles. The van der Waals surface area contributed by atoms with Gasteiger partial charge in [0.25, 0.3) is 0 Å². The van der Waals surface area contributed by atoms with Gasteiger partial charge < -0.3 is 15.1 Å². The normalized spacial score (nSPS) is 16.0. The predicted octanol–water partition coefficient (Wildman–Crippen LogP) is 0.702. The van der Waals surface area contributed by atoms with E-state index in [2.05, 4.69) is 10.3 Å². The Morgan fingerprint density at radius 1 is 1.30 bits per heavy atom. The van der Waals surface area contributed by atoms with Gasteiger partial charge in [-0.05, 0) is 31.5 Å². The monoisotopic (exact) mass is 276 g/mol. The quantitative estimate of drug-likeness (QED) is 0.822. The summed E-state index contributed by atoms with van der Waals surface area (Å²) in [5.74, 6) is -0.0796. The molecule has 108 valence electrons. The first-order chi connectivity index (χ1) is 9.52. The number of nitrogens with zero attached hydrogens (tertiary/aromatic N) is 3. The van der Waals surface area contributed by atoms with E-state index >= 15 is 0 Å². The zero-order chi connectivity index (χ0) is 14.7. The molecule has 6 heteroatoms. The molecule has 0 aliphatic carbocycles. The van der Waals surface area contributed by atoms with Gasteiger partial charge in [0.15, 0.2) is 0 Å². The Balaban J connectivity index is 2.07. The van der Waals surface area contributed by atoms with Crippen molar-refractivity contribution < 1.29 is 9.59 Å². The minimum Gasteiger partial charge on any atom is -0.373 e. The van der Waals surface area contributed by atoms with Crippen LogP contribution in [0.15, 0.2) is 18.3 Å². The molecular formula is C14H20N4O2. The number of hydrogen-bond donors (Lipinski definition) is 1. The van der Waals surface area contributed by atoms with Crippen LogP contribution in [0.4, 0.5) is 5.82 Å². The molecule has 6 nitrogen and oxygen atoms in total. The molecule has 1 fully saturated rings. The number of hydrogen-bond acceptors (Lipinski definition) is 4.